The predicted molar refractivity (Wildman–Crippen MR) is 251 cm³/mol. The van der Waals surface area contributed by atoms with Gasteiger partial charge in [0.2, 0.25) is 0 Å². The normalized spacial score (nSPS) is 11.4. The Bertz CT molecular complexity index is 3130. The third-order valence-electron chi connectivity index (χ3n) is 11.4. The fourth-order valence-corrected chi connectivity index (χ4v) is 9.78. The Hall–Kier alpha value is -7.26. The number of hydrogen-bond donors (Lipinski definition) is 0. The average Bonchev–Trinajstić information content (AvgIpc) is 3.69. The van der Waals surface area contributed by atoms with Crippen molar-refractivity contribution < 1.29 is 0 Å². The van der Waals surface area contributed by atoms with Crippen molar-refractivity contribution in [3.8, 4) is 44.5 Å². The van der Waals surface area contributed by atoms with E-state index in [1.165, 1.54) is 86.2 Å². The van der Waals surface area contributed by atoms with E-state index in [0.717, 1.165) is 17.1 Å². The zero-order valence-electron chi connectivity index (χ0n) is 31.7. The van der Waals surface area contributed by atoms with Crippen LogP contribution in [0.1, 0.15) is 0 Å². The lowest BCUT2D eigenvalue weighted by molar-refractivity contribution is 1.30. The summed E-state index contributed by atoms with van der Waals surface area (Å²) in [6, 6.07) is 82.0. The molecule has 1 nitrogen and oxygen atoms in total. The van der Waals surface area contributed by atoms with Gasteiger partial charge in [-0.25, -0.2) is 0 Å². The fraction of sp³-hybridized carbons (Fsp3) is 0. The van der Waals surface area contributed by atoms with Gasteiger partial charge >= 0.3 is 0 Å². The van der Waals surface area contributed by atoms with Gasteiger partial charge in [0.05, 0.1) is 10.4 Å². The predicted octanol–water partition coefficient (Wildman–Crippen LogP) is 16.5. The SMILES string of the molecule is c1ccc(-c2cc(N(c3ccc(-c4ccc5ccccc5c4)cc3)c3ccc(-c4ccc5ccccc5c4)cc3)c3sc4c(-c5ccccc5)cccc4c3c2)cc1. The fourth-order valence-electron chi connectivity index (χ4n) is 8.46. The molecule has 0 aliphatic carbocycles. The second-order valence-electron chi connectivity index (χ2n) is 14.9. The Morgan fingerprint density at radius 3 is 1.33 bits per heavy atom. The summed E-state index contributed by atoms with van der Waals surface area (Å²) >= 11 is 1.89. The second-order valence-corrected chi connectivity index (χ2v) is 16.0. The molecule has 58 heavy (non-hydrogen) atoms. The number of thiophene rings is 1. The van der Waals surface area contributed by atoms with Crippen molar-refractivity contribution in [1.29, 1.82) is 0 Å². The molecule has 0 atom stereocenters. The summed E-state index contributed by atoms with van der Waals surface area (Å²) in [5.74, 6) is 0. The molecule has 0 unspecified atom stereocenters. The van der Waals surface area contributed by atoms with E-state index in [9.17, 15) is 0 Å². The monoisotopic (exact) mass is 755 g/mol. The first-order valence-corrected chi connectivity index (χ1v) is 20.6. The van der Waals surface area contributed by atoms with E-state index in [2.05, 4.69) is 229 Å². The topological polar surface area (TPSA) is 3.24 Å². The summed E-state index contributed by atoms with van der Waals surface area (Å²) in [4.78, 5) is 2.46. The number of rotatable bonds is 7. The molecule has 0 bridgehead atoms. The van der Waals surface area contributed by atoms with E-state index < -0.39 is 0 Å². The van der Waals surface area contributed by atoms with Crippen LogP contribution in [-0.2, 0) is 0 Å². The van der Waals surface area contributed by atoms with Gasteiger partial charge in [0.25, 0.3) is 0 Å². The molecule has 1 heterocycles. The Morgan fingerprint density at radius 2 is 0.759 bits per heavy atom. The van der Waals surface area contributed by atoms with Crippen molar-refractivity contribution in [2.75, 3.05) is 4.90 Å². The lowest BCUT2D eigenvalue weighted by atomic mass is 9.98. The molecule has 10 aromatic carbocycles. The maximum atomic E-state index is 2.46. The molecule has 0 amide bonds. The minimum Gasteiger partial charge on any atom is -0.309 e. The third-order valence-corrected chi connectivity index (χ3v) is 12.7. The van der Waals surface area contributed by atoms with Crippen LogP contribution in [0.25, 0.3) is 86.2 Å². The molecule has 0 spiro atoms. The van der Waals surface area contributed by atoms with Crippen molar-refractivity contribution in [2.24, 2.45) is 0 Å². The van der Waals surface area contributed by atoms with Gasteiger partial charge < -0.3 is 4.90 Å². The average molecular weight is 756 g/mol. The Labute approximate surface area is 342 Å². The molecular weight excluding hydrogens is 719 g/mol. The number of fused-ring (bicyclic) bond motifs is 5. The van der Waals surface area contributed by atoms with Crippen molar-refractivity contribution in [3.05, 3.63) is 224 Å². The number of nitrogens with zero attached hydrogens (tertiary/aromatic N) is 1. The molecule has 0 aliphatic rings. The summed E-state index contributed by atoms with van der Waals surface area (Å²) in [5.41, 5.74) is 13.1. The Kier molecular flexibility index (Phi) is 8.42. The smallest absolute Gasteiger partial charge is 0.0646 e. The van der Waals surface area contributed by atoms with Crippen LogP contribution in [0.4, 0.5) is 17.1 Å². The van der Waals surface area contributed by atoms with E-state index >= 15 is 0 Å². The number of hydrogen-bond acceptors (Lipinski definition) is 2. The summed E-state index contributed by atoms with van der Waals surface area (Å²) < 4.78 is 2.56. The third kappa shape index (κ3) is 6.12. The highest BCUT2D eigenvalue weighted by Gasteiger charge is 2.21. The van der Waals surface area contributed by atoms with E-state index in [-0.39, 0.29) is 0 Å². The first kappa shape index (κ1) is 34.0. The Morgan fingerprint density at radius 1 is 0.276 bits per heavy atom. The summed E-state index contributed by atoms with van der Waals surface area (Å²) in [6.07, 6.45) is 0. The van der Waals surface area contributed by atoms with Crippen LogP contribution < -0.4 is 4.90 Å². The first-order chi connectivity index (χ1) is 28.7. The molecule has 1 aromatic heterocycles. The highest BCUT2D eigenvalue weighted by atomic mass is 32.1. The van der Waals surface area contributed by atoms with Gasteiger partial charge in [-0.3, -0.25) is 0 Å². The molecule has 0 N–H and O–H groups in total. The molecule has 272 valence electrons. The van der Waals surface area contributed by atoms with Gasteiger partial charge in [0.1, 0.15) is 0 Å². The maximum absolute atomic E-state index is 2.46. The quantitative estimate of drug-likeness (QED) is 0.157. The van der Waals surface area contributed by atoms with Crippen molar-refractivity contribution in [1.82, 2.24) is 0 Å². The van der Waals surface area contributed by atoms with E-state index in [1.807, 2.05) is 11.3 Å². The molecule has 11 aromatic rings. The van der Waals surface area contributed by atoms with Gasteiger partial charge in [-0.15, -0.1) is 11.3 Å². The van der Waals surface area contributed by atoms with E-state index in [1.54, 1.807) is 0 Å². The molecule has 2 heteroatoms. The first-order valence-electron chi connectivity index (χ1n) is 19.8. The molecule has 0 aliphatic heterocycles. The number of benzene rings is 10. The van der Waals surface area contributed by atoms with Gasteiger partial charge in [-0.05, 0) is 115 Å². The van der Waals surface area contributed by atoms with Gasteiger partial charge in [-0.2, -0.15) is 0 Å². The summed E-state index contributed by atoms with van der Waals surface area (Å²) in [5, 5.41) is 7.54. The van der Waals surface area contributed by atoms with Crippen molar-refractivity contribution in [2.45, 2.75) is 0 Å². The molecular formula is C56H37NS. The maximum Gasteiger partial charge on any atom is 0.0646 e. The Balaban J connectivity index is 1.12. The number of anilines is 3. The molecule has 0 fully saturated rings. The lowest BCUT2D eigenvalue weighted by Gasteiger charge is -2.27. The minimum atomic E-state index is 1.11. The standard InChI is InChI=1S/C56H37NS/c1-3-12-38(13-4-1)48-36-53-52-21-11-20-51(43-16-5-2-6-17-43)55(52)58-56(53)54(37-48)57(49-30-26-41(27-31-49)46-24-22-39-14-7-9-18-44(39)34-46)50-32-28-42(29-33-50)47-25-23-40-15-8-10-19-45(40)35-47/h1-37H. The minimum absolute atomic E-state index is 1.11. The highest BCUT2D eigenvalue weighted by Crippen LogP contribution is 2.49. The van der Waals surface area contributed by atoms with Crippen LogP contribution in [0.3, 0.4) is 0 Å². The van der Waals surface area contributed by atoms with Crippen LogP contribution in [0, 0.1) is 0 Å². The van der Waals surface area contributed by atoms with Gasteiger partial charge in [-0.1, -0.05) is 176 Å². The van der Waals surface area contributed by atoms with Gasteiger partial charge in [0.15, 0.2) is 0 Å². The summed E-state index contributed by atoms with van der Waals surface area (Å²) in [7, 11) is 0. The van der Waals surface area contributed by atoms with Crippen molar-refractivity contribution >= 4 is 70.1 Å². The zero-order valence-corrected chi connectivity index (χ0v) is 32.5. The van der Waals surface area contributed by atoms with Gasteiger partial charge in [0, 0.05) is 26.8 Å². The zero-order chi connectivity index (χ0) is 38.4. The van der Waals surface area contributed by atoms with Crippen LogP contribution in [0.15, 0.2) is 224 Å². The molecule has 11 rings (SSSR count). The summed E-state index contributed by atoms with van der Waals surface area (Å²) in [6.45, 7) is 0. The van der Waals surface area contributed by atoms with E-state index in [4.69, 9.17) is 0 Å². The van der Waals surface area contributed by atoms with Crippen LogP contribution in [0.2, 0.25) is 0 Å². The van der Waals surface area contributed by atoms with E-state index in [0.29, 0.717) is 0 Å². The molecule has 0 saturated heterocycles. The van der Waals surface area contributed by atoms with Crippen LogP contribution in [0.5, 0.6) is 0 Å². The molecule has 0 radical (unpaired) electrons. The van der Waals surface area contributed by atoms with Crippen LogP contribution >= 0.6 is 11.3 Å². The highest BCUT2D eigenvalue weighted by molar-refractivity contribution is 7.27. The largest absolute Gasteiger partial charge is 0.309 e. The van der Waals surface area contributed by atoms with Crippen molar-refractivity contribution in [3.63, 3.8) is 0 Å². The van der Waals surface area contributed by atoms with Crippen LogP contribution in [-0.4, -0.2) is 0 Å². The molecule has 0 saturated carbocycles. The second kappa shape index (κ2) is 14.4. The lowest BCUT2D eigenvalue weighted by Crippen LogP contribution is -2.10.